The van der Waals surface area contributed by atoms with Crippen molar-refractivity contribution >= 4 is 33.3 Å². The van der Waals surface area contributed by atoms with E-state index in [0.29, 0.717) is 6.92 Å². The molecule has 0 aliphatic heterocycles. The predicted molar refractivity (Wildman–Crippen MR) is 88.3 cm³/mol. The van der Waals surface area contributed by atoms with Crippen molar-refractivity contribution in [1.82, 2.24) is 14.3 Å². The number of aromatic nitrogens is 2. The van der Waals surface area contributed by atoms with Crippen molar-refractivity contribution in [2.45, 2.75) is 24.0 Å². The van der Waals surface area contributed by atoms with Crippen molar-refractivity contribution in [1.29, 1.82) is 0 Å². The molecule has 0 spiro atoms. The van der Waals surface area contributed by atoms with Gasteiger partial charge >= 0.3 is 6.18 Å². The van der Waals surface area contributed by atoms with E-state index in [0.717, 1.165) is 17.8 Å². The van der Waals surface area contributed by atoms with Gasteiger partial charge in [-0.05, 0) is 6.92 Å². The van der Waals surface area contributed by atoms with E-state index in [1.54, 1.807) is 5.32 Å². The molecule has 2 heterocycles. The van der Waals surface area contributed by atoms with E-state index < -0.39 is 67.2 Å². The van der Waals surface area contributed by atoms with Crippen molar-refractivity contribution < 1.29 is 39.6 Å². The number of halogens is 7. The van der Waals surface area contributed by atoms with Crippen molar-refractivity contribution in [3.63, 3.8) is 0 Å². The first-order valence-electron chi connectivity index (χ1n) is 7.42. The Morgan fingerprint density at radius 3 is 2.38 bits per heavy atom. The lowest BCUT2D eigenvalue weighted by Gasteiger charge is -2.16. The third kappa shape index (κ3) is 4.82. The summed E-state index contributed by atoms with van der Waals surface area (Å²) >= 11 is 5.84. The summed E-state index contributed by atoms with van der Waals surface area (Å²) < 4.78 is 104. The average Bonchev–Trinajstić information content (AvgIpc) is 2.86. The third-order valence-electron chi connectivity index (χ3n) is 3.53. The zero-order valence-corrected chi connectivity index (χ0v) is 16.0. The Morgan fingerprint density at radius 1 is 1.24 bits per heavy atom. The molecule has 7 nitrogen and oxygen atoms in total. The Labute approximate surface area is 164 Å². The molecule has 2 rings (SSSR count). The molecule has 2 N–H and O–H groups in total. The molecule has 160 valence electrons. The maximum absolute atomic E-state index is 13.6. The number of nitrogens with zero attached hydrogens (tertiary/aromatic N) is 2. The standard InChI is InChI=1S/C14H11ClF6N4O3S/c1-5(14(19,20)21)24-29(27,28)8-4-25(2)10(9(8)15)13(26)23-12-7(17)3-6(16)11(18)22-12/h3-5,24H,1-2H3,(H,22,23,26). The van der Waals surface area contributed by atoms with Gasteiger partial charge in [-0.3, -0.25) is 4.79 Å². The number of aryl methyl sites for hydroxylation is 1. The van der Waals surface area contributed by atoms with Gasteiger partial charge in [0, 0.05) is 19.3 Å². The maximum Gasteiger partial charge on any atom is 0.404 e. The van der Waals surface area contributed by atoms with Crippen LogP contribution in [0.2, 0.25) is 5.02 Å². The molecule has 0 aliphatic carbocycles. The first-order valence-corrected chi connectivity index (χ1v) is 9.28. The van der Waals surface area contributed by atoms with Gasteiger partial charge < -0.3 is 9.88 Å². The predicted octanol–water partition coefficient (Wildman–Crippen LogP) is 2.97. The molecule has 1 amide bonds. The van der Waals surface area contributed by atoms with E-state index in [4.69, 9.17) is 11.6 Å². The van der Waals surface area contributed by atoms with E-state index in [-0.39, 0.29) is 6.07 Å². The summed E-state index contributed by atoms with van der Waals surface area (Å²) in [6.07, 6.45) is -4.14. The highest BCUT2D eigenvalue weighted by molar-refractivity contribution is 7.89. The molecule has 0 saturated carbocycles. The number of amides is 1. The molecule has 2 aromatic heterocycles. The largest absolute Gasteiger partial charge is 0.404 e. The minimum absolute atomic E-state index is 0.114. The fourth-order valence-electron chi connectivity index (χ4n) is 2.08. The molecule has 0 aliphatic rings. The van der Waals surface area contributed by atoms with E-state index in [1.165, 1.54) is 4.72 Å². The van der Waals surface area contributed by atoms with E-state index >= 15 is 0 Å². The van der Waals surface area contributed by atoms with Gasteiger partial charge in [0.15, 0.2) is 17.5 Å². The number of hydrogen-bond donors (Lipinski definition) is 2. The number of carbonyl (C=O) groups is 1. The molecule has 0 aromatic carbocycles. The quantitative estimate of drug-likeness (QED) is 0.525. The van der Waals surface area contributed by atoms with Crippen LogP contribution >= 0.6 is 11.6 Å². The molecule has 1 atom stereocenters. The fraction of sp³-hybridized carbons (Fsp3) is 0.286. The molecule has 0 saturated heterocycles. The fourth-order valence-corrected chi connectivity index (χ4v) is 4.01. The summed E-state index contributed by atoms with van der Waals surface area (Å²) in [5.41, 5.74) is -0.613. The normalized spacial score (nSPS) is 13.4. The van der Waals surface area contributed by atoms with Crippen LogP contribution in [0, 0.1) is 17.6 Å². The van der Waals surface area contributed by atoms with Crippen LogP contribution in [0.3, 0.4) is 0 Å². The third-order valence-corrected chi connectivity index (χ3v) is 5.58. The lowest BCUT2D eigenvalue weighted by Crippen LogP contribution is -2.42. The average molecular weight is 465 g/mol. The molecule has 15 heteroatoms. The summed E-state index contributed by atoms with van der Waals surface area (Å²) in [5, 5.41) is 0.991. The number of anilines is 1. The monoisotopic (exact) mass is 464 g/mol. The van der Waals surface area contributed by atoms with Gasteiger partial charge in [0.25, 0.3) is 11.9 Å². The summed E-state index contributed by atoms with van der Waals surface area (Å²) in [5.74, 6) is -7.06. The van der Waals surface area contributed by atoms with E-state index in [2.05, 4.69) is 4.98 Å². The van der Waals surface area contributed by atoms with Gasteiger partial charge in [-0.25, -0.2) is 17.2 Å². The second-order valence-corrected chi connectivity index (χ2v) is 7.76. The van der Waals surface area contributed by atoms with Gasteiger partial charge in [0.1, 0.15) is 16.6 Å². The second-order valence-electron chi connectivity index (χ2n) is 5.70. The van der Waals surface area contributed by atoms with Crippen LogP contribution in [0.15, 0.2) is 17.2 Å². The van der Waals surface area contributed by atoms with Gasteiger partial charge in [-0.2, -0.15) is 27.3 Å². The van der Waals surface area contributed by atoms with E-state index in [1.807, 2.05) is 0 Å². The summed E-state index contributed by atoms with van der Waals surface area (Å²) in [6, 6.07) is -2.34. The second kappa shape index (κ2) is 7.84. The number of hydrogen-bond acceptors (Lipinski definition) is 4. The number of nitrogens with one attached hydrogen (secondary N) is 2. The molecule has 2 aromatic rings. The molecule has 29 heavy (non-hydrogen) atoms. The van der Waals surface area contributed by atoms with E-state index in [9.17, 15) is 39.6 Å². The highest BCUT2D eigenvalue weighted by Gasteiger charge is 2.40. The Morgan fingerprint density at radius 2 is 1.83 bits per heavy atom. The lowest BCUT2D eigenvalue weighted by molar-refractivity contribution is -0.147. The van der Waals surface area contributed by atoms with Crippen LogP contribution in [-0.4, -0.2) is 36.1 Å². The molecular weight excluding hydrogens is 454 g/mol. The Kier molecular flexibility index (Phi) is 6.20. The van der Waals surface area contributed by atoms with Crippen molar-refractivity contribution in [3.05, 3.63) is 40.6 Å². The first-order chi connectivity index (χ1) is 13.1. The van der Waals surface area contributed by atoms with Gasteiger partial charge in [0.05, 0.1) is 5.02 Å². The Balaban J connectivity index is 2.38. The van der Waals surface area contributed by atoms with Crippen LogP contribution in [0.1, 0.15) is 17.4 Å². The van der Waals surface area contributed by atoms with Crippen LogP contribution in [0.5, 0.6) is 0 Å². The first kappa shape index (κ1) is 23.0. The van der Waals surface area contributed by atoms with Gasteiger partial charge in [-0.15, -0.1) is 0 Å². The zero-order valence-electron chi connectivity index (χ0n) is 14.4. The highest BCUT2D eigenvalue weighted by Crippen LogP contribution is 2.29. The van der Waals surface area contributed by atoms with Crippen LogP contribution in [-0.2, 0) is 17.1 Å². The van der Waals surface area contributed by atoms with Gasteiger partial charge in [0.2, 0.25) is 10.0 Å². The Hall–Kier alpha value is -2.32. The molecule has 1 unspecified atom stereocenters. The smallest absolute Gasteiger partial charge is 0.344 e. The summed E-state index contributed by atoms with van der Waals surface area (Å²) in [7, 11) is -3.68. The van der Waals surface area contributed by atoms with Crippen LogP contribution in [0.25, 0.3) is 0 Å². The number of pyridine rings is 1. The highest BCUT2D eigenvalue weighted by atomic mass is 35.5. The number of sulfonamides is 1. The maximum atomic E-state index is 13.6. The zero-order chi connectivity index (χ0) is 22.3. The molecule has 0 bridgehead atoms. The van der Waals surface area contributed by atoms with Crippen molar-refractivity contribution in [3.8, 4) is 0 Å². The number of alkyl halides is 3. The summed E-state index contributed by atoms with van der Waals surface area (Å²) in [6.45, 7) is 0.555. The molecular formula is C14H11ClF6N4O3S. The number of carbonyl (C=O) groups excluding carboxylic acids is 1. The summed E-state index contributed by atoms with van der Waals surface area (Å²) in [4.78, 5) is 14.3. The van der Waals surface area contributed by atoms with Crippen molar-refractivity contribution in [2.75, 3.05) is 5.32 Å². The molecule has 0 radical (unpaired) electrons. The SMILES string of the molecule is CC(NS(=O)(=O)c1cn(C)c(C(=O)Nc2nc(F)c(F)cc2F)c1Cl)C(F)(F)F. The van der Waals surface area contributed by atoms with Crippen LogP contribution < -0.4 is 10.0 Å². The molecule has 0 fully saturated rings. The van der Waals surface area contributed by atoms with Gasteiger partial charge in [-0.1, -0.05) is 11.6 Å². The minimum atomic E-state index is -4.88. The number of rotatable bonds is 5. The van der Waals surface area contributed by atoms with Crippen molar-refractivity contribution in [2.24, 2.45) is 7.05 Å². The lowest BCUT2D eigenvalue weighted by atomic mass is 10.3. The van der Waals surface area contributed by atoms with Crippen LogP contribution in [0.4, 0.5) is 32.2 Å². The topological polar surface area (TPSA) is 93.1 Å². The minimum Gasteiger partial charge on any atom is -0.344 e. The Bertz CT molecular complexity index is 1070.